The number of hydrazone groups is 1. The molecule has 0 radical (unpaired) electrons. The molecule has 2 aromatic heterocycles. The second-order valence-electron chi connectivity index (χ2n) is 6.94. The predicted molar refractivity (Wildman–Crippen MR) is 126 cm³/mol. The number of carbonyl (C=O) groups excluding carboxylic acids is 1. The third kappa shape index (κ3) is 4.45. The van der Waals surface area contributed by atoms with Gasteiger partial charge in [0, 0.05) is 28.9 Å². The average Bonchev–Trinajstić information content (AvgIpc) is 2.87. The van der Waals surface area contributed by atoms with Gasteiger partial charge in [-0.25, -0.2) is 10.4 Å². The highest BCUT2D eigenvalue weighted by molar-refractivity contribution is 6.07. The van der Waals surface area contributed by atoms with Gasteiger partial charge in [-0.1, -0.05) is 18.2 Å². The summed E-state index contributed by atoms with van der Waals surface area (Å²) in [6.45, 7) is 0. The summed E-state index contributed by atoms with van der Waals surface area (Å²) in [4.78, 5) is 21.9. The highest BCUT2D eigenvalue weighted by Gasteiger charge is 2.16. The summed E-state index contributed by atoms with van der Waals surface area (Å²) in [5.74, 6) is 1.05. The SMILES string of the molecule is COc1ccc(C=NNC(=O)c2cc(-c3cccnc3)nc3ccccc23)c(OC)c1OC. The van der Waals surface area contributed by atoms with E-state index >= 15 is 0 Å². The third-order valence-corrected chi connectivity index (χ3v) is 5.02. The zero-order chi connectivity index (χ0) is 23.2. The molecule has 0 saturated heterocycles. The van der Waals surface area contributed by atoms with Gasteiger partial charge in [-0.3, -0.25) is 9.78 Å². The second kappa shape index (κ2) is 9.78. The van der Waals surface area contributed by atoms with Crippen molar-refractivity contribution in [3.8, 4) is 28.5 Å². The maximum atomic E-state index is 13.1. The molecule has 8 heteroatoms. The van der Waals surface area contributed by atoms with Crippen LogP contribution in [-0.2, 0) is 0 Å². The van der Waals surface area contributed by atoms with Crippen LogP contribution in [0.5, 0.6) is 17.2 Å². The van der Waals surface area contributed by atoms with Crippen molar-refractivity contribution in [1.82, 2.24) is 15.4 Å². The summed E-state index contributed by atoms with van der Waals surface area (Å²) in [6.07, 6.45) is 4.89. The lowest BCUT2D eigenvalue weighted by atomic mass is 10.0. The lowest BCUT2D eigenvalue weighted by molar-refractivity contribution is 0.0956. The zero-order valence-corrected chi connectivity index (χ0v) is 18.4. The molecule has 1 N–H and O–H groups in total. The molecule has 4 rings (SSSR count). The highest BCUT2D eigenvalue weighted by atomic mass is 16.5. The normalized spacial score (nSPS) is 10.9. The van der Waals surface area contributed by atoms with Gasteiger partial charge in [-0.2, -0.15) is 5.10 Å². The van der Waals surface area contributed by atoms with Crippen molar-refractivity contribution in [2.24, 2.45) is 5.10 Å². The summed E-state index contributed by atoms with van der Waals surface area (Å²) in [7, 11) is 4.60. The molecule has 1 amide bonds. The summed E-state index contributed by atoms with van der Waals surface area (Å²) >= 11 is 0. The standard InChI is InChI=1S/C25H22N4O4/c1-31-22-11-10-17(23(32-2)24(22)33-3)15-27-29-25(30)19-13-21(16-7-6-12-26-14-16)28-20-9-5-4-8-18(19)20/h4-15H,1-3H3,(H,29,30). The zero-order valence-electron chi connectivity index (χ0n) is 18.4. The minimum Gasteiger partial charge on any atom is -0.493 e. The van der Waals surface area contributed by atoms with Gasteiger partial charge in [-0.05, 0) is 36.4 Å². The Balaban J connectivity index is 1.66. The highest BCUT2D eigenvalue weighted by Crippen LogP contribution is 2.39. The van der Waals surface area contributed by atoms with Gasteiger partial charge >= 0.3 is 0 Å². The topological polar surface area (TPSA) is 94.9 Å². The largest absolute Gasteiger partial charge is 0.493 e. The average molecular weight is 442 g/mol. The minimum absolute atomic E-state index is 0.366. The number of fused-ring (bicyclic) bond motifs is 1. The number of hydrogen-bond acceptors (Lipinski definition) is 7. The molecule has 0 aliphatic carbocycles. The fraction of sp³-hybridized carbons (Fsp3) is 0.120. The van der Waals surface area contributed by atoms with E-state index in [4.69, 9.17) is 14.2 Å². The first-order chi connectivity index (χ1) is 16.2. The van der Waals surface area contributed by atoms with Gasteiger partial charge in [0.25, 0.3) is 5.91 Å². The lowest BCUT2D eigenvalue weighted by Gasteiger charge is -2.13. The Morgan fingerprint density at radius 2 is 1.79 bits per heavy atom. The van der Waals surface area contributed by atoms with Crippen molar-refractivity contribution in [3.63, 3.8) is 0 Å². The predicted octanol–water partition coefficient (Wildman–Crippen LogP) is 4.09. The van der Waals surface area contributed by atoms with Crippen molar-refractivity contribution in [2.45, 2.75) is 0 Å². The van der Waals surface area contributed by atoms with Crippen LogP contribution in [0, 0.1) is 0 Å². The van der Waals surface area contributed by atoms with E-state index in [0.717, 1.165) is 10.9 Å². The van der Waals surface area contributed by atoms with Crippen LogP contribution in [0.3, 0.4) is 0 Å². The van der Waals surface area contributed by atoms with Crippen LogP contribution < -0.4 is 19.6 Å². The molecule has 2 aromatic carbocycles. The van der Waals surface area contributed by atoms with Crippen molar-refractivity contribution in [2.75, 3.05) is 21.3 Å². The fourth-order valence-electron chi connectivity index (χ4n) is 3.47. The van der Waals surface area contributed by atoms with Gasteiger partial charge in [0.15, 0.2) is 11.5 Å². The van der Waals surface area contributed by atoms with Crippen LogP contribution >= 0.6 is 0 Å². The molecular weight excluding hydrogens is 420 g/mol. The first kappa shape index (κ1) is 21.8. The number of benzene rings is 2. The monoisotopic (exact) mass is 442 g/mol. The fourth-order valence-corrected chi connectivity index (χ4v) is 3.47. The molecule has 0 fully saturated rings. The molecule has 0 bridgehead atoms. The quantitative estimate of drug-likeness (QED) is 0.342. The number of nitrogens with one attached hydrogen (secondary N) is 1. The van der Waals surface area contributed by atoms with Gasteiger partial charge in [0.05, 0.1) is 44.3 Å². The molecule has 0 spiro atoms. The van der Waals surface area contributed by atoms with Crippen LogP contribution in [0.15, 0.2) is 72.1 Å². The Hall–Kier alpha value is -4.46. The molecule has 0 unspecified atom stereocenters. The Bertz CT molecular complexity index is 1320. The van der Waals surface area contributed by atoms with Gasteiger partial charge in [-0.15, -0.1) is 0 Å². The number of aromatic nitrogens is 2. The summed E-state index contributed by atoms with van der Waals surface area (Å²) in [5, 5.41) is 4.86. The van der Waals surface area contributed by atoms with Crippen molar-refractivity contribution < 1.29 is 19.0 Å². The van der Waals surface area contributed by atoms with Crippen molar-refractivity contribution in [1.29, 1.82) is 0 Å². The Morgan fingerprint density at radius 3 is 2.52 bits per heavy atom. The molecule has 0 aliphatic heterocycles. The third-order valence-electron chi connectivity index (χ3n) is 5.02. The van der Waals surface area contributed by atoms with E-state index in [1.165, 1.54) is 20.4 Å². The Kier molecular flexibility index (Phi) is 6.45. The lowest BCUT2D eigenvalue weighted by Crippen LogP contribution is -2.18. The number of rotatable bonds is 7. The molecule has 166 valence electrons. The number of methoxy groups -OCH3 is 3. The minimum atomic E-state index is -0.366. The van der Waals surface area contributed by atoms with Crippen LogP contribution in [0.1, 0.15) is 15.9 Å². The molecule has 0 saturated carbocycles. The van der Waals surface area contributed by atoms with Gasteiger partial charge in [0.1, 0.15) is 0 Å². The summed E-state index contributed by atoms with van der Waals surface area (Å²) < 4.78 is 16.1. The number of amides is 1. The maximum Gasteiger partial charge on any atom is 0.272 e. The first-order valence-electron chi connectivity index (χ1n) is 10.1. The van der Waals surface area contributed by atoms with E-state index in [1.54, 1.807) is 37.7 Å². The molecule has 0 atom stereocenters. The molecule has 8 nitrogen and oxygen atoms in total. The molecule has 4 aromatic rings. The smallest absolute Gasteiger partial charge is 0.272 e. The molecular formula is C25H22N4O4. The number of pyridine rings is 2. The summed E-state index contributed by atoms with van der Waals surface area (Å²) in [6, 6.07) is 16.4. The van der Waals surface area contributed by atoms with Gasteiger partial charge in [0.2, 0.25) is 5.75 Å². The van der Waals surface area contributed by atoms with Crippen LogP contribution in [0.25, 0.3) is 22.2 Å². The van der Waals surface area contributed by atoms with Crippen LogP contribution in [-0.4, -0.2) is 43.4 Å². The molecule has 2 heterocycles. The van der Waals surface area contributed by atoms with E-state index in [-0.39, 0.29) is 5.91 Å². The second-order valence-corrected chi connectivity index (χ2v) is 6.94. The Morgan fingerprint density at radius 1 is 0.970 bits per heavy atom. The number of nitrogens with zero attached hydrogens (tertiary/aromatic N) is 3. The van der Waals surface area contributed by atoms with E-state index in [9.17, 15) is 4.79 Å². The molecule has 0 aliphatic rings. The number of para-hydroxylation sites is 1. The maximum absolute atomic E-state index is 13.1. The van der Waals surface area contributed by atoms with E-state index in [2.05, 4.69) is 20.5 Å². The van der Waals surface area contributed by atoms with E-state index in [0.29, 0.717) is 39.6 Å². The number of hydrogen-bond donors (Lipinski definition) is 1. The van der Waals surface area contributed by atoms with Crippen molar-refractivity contribution in [3.05, 3.63) is 78.1 Å². The Labute approximate surface area is 190 Å². The summed E-state index contributed by atoms with van der Waals surface area (Å²) in [5.41, 5.74) is 5.84. The van der Waals surface area contributed by atoms with Crippen LogP contribution in [0.2, 0.25) is 0 Å². The number of carbonyl (C=O) groups is 1. The first-order valence-corrected chi connectivity index (χ1v) is 10.1. The number of ether oxygens (including phenoxy) is 3. The van der Waals surface area contributed by atoms with Crippen molar-refractivity contribution >= 4 is 23.0 Å². The van der Waals surface area contributed by atoms with E-state index in [1.807, 2.05) is 36.4 Å². The van der Waals surface area contributed by atoms with E-state index < -0.39 is 0 Å². The molecule has 33 heavy (non-hydrogen) atoms. The van der Waals surface area contributed by atoms with Gasteiger partial charge < -0.3 is 14.2 Å². The van der Waals surface area contributed by atoms with Crippen LogP contribution in [0.4, 0.5) is 0 Å².